The lowest BCUT2D eigenvalue weighted by molar-refractivity contribution is 0.669. The average molecular weight is 303 g/mol. The van der Waals surface area contributed by atoms with E-state index >= 15 is 0 Å². The second-order valence-corrected chi connectivity index (χ2v) is 4.86. The van der Waals surface area contributed by atoms with E-state index in [2.05, 4.69) is 15.9 Å². The molecule has 0 amide bonds. The zero-order valence-electron chi connectivity index (χ0n) is 15.0. The normalized spacial score (nSPS) is 16.3. The Bertz CT molecular complexity index is 1180. The molecule has 0 unspecified atom stereocenters. The van der Waals surface area contributed by atoms with Gasteiger partial charge in [-0.25, -0.2) is 0 Å². The average Bonchev–Trinajstić information content (AvgIpc) is 2.92. The Morgan fingerprint density at radius 2 is 1.83 bits per heavy atom. The zero-order valence-corrected chi connectivity index (χ0v) is 10.6. The van der Waals surface area contributed by atoms with Gasteiger partial charge in [-0.2, -0.15) is 0 Å². The van der Waals surface area contributed by atoms with Gasteiger partial charge in [-0.15, -0.1) is 0 Å². The first kappa shape index (κ1) is 5.89. The van der Waals surface area contributed by atoms with Gasteiger partial charge in [0.15, 0.2) is 0 Å². The molecule has 4 rings (SSSR count). The lowest BCUT2D eigenvalue weighted by atomic mass is 10.0. The Labute approximate surface area is 121 Å². The molecule has 1 nitrogen and oxygen atoms in total. The molecule has 18 heavy (non-hydrogen) atoms. The predicted molar refractivity (Wildman–Crippen MR) is 78.9 cm³/mol. The van der Waals surface area contributed by atoms with Gasteiger partial charge in [0.05, 0.1) is 8.22 Å². The van der Waals surface area contributed by atoms with Gasteiger partial charge in [0, 0.05) is 15.2 Å². The largest absolute Gasteiger partial charge is 0.456 e. The van der Waals surface area contributed by atoms with E-state index in [1.165, 1.54) is 0 Å². The molecule has 4 aromatic rings. The number of hydrogen-bond donors (Lipinski definition) is 0. The predicted octanol–water partition coefficient (Wildman–Crippen LogP) is 5.50. The molecular weight excluding hydrogens is 288 g/mol. The fourth-order valence-electron chi connectivity index (χ4n) is 2.12. The monoisotopic (exact) mass is 302 g/mol. The van der Waals surface area contributed by atoms with Crippen LogP contribution in [-0.4, -0.2) is 0 Å². The van der Waals surface area contributed by atoms with Crippen LogP contribution in [0.2, 0.25) is 0 Å². The highest BCUT2D eigenvalue weighted by Crippen LogP contribution is 2.35. The first-order valence-electron chi connectivity index (χ1n) is 8.34. The summed E-state index contributed by atoms with van der Waals surface area (Å²) in [5.41, 5.74) is 0.651. The van der Waals surface area contributed by atoms with E-state index < -0.39 is 6.04 Å². The molecule has 0 fully saturated rings. The van der Waals surface area contributed by atoms with Crippen molar-refractivity contribution in [1.29, 1.82) is 0 Å². The molecule has 1 aromatic heterocycles. The van der Waals surface area contributed by atoms with Crippen molar-refractivity contribution in [1.82, 2.24) is 0 Å². The Balaban J connectivity index is 2.44. The van der Waals surface area contributed by atoms with Crippen molar-refractivity contribution in [2.24, 2.45) is 0 Å². The molecule has 2 heteroatoms. The summed E-state index contributed by atoms with van der Waals surface area (Å²) in [5, 5.41) is 1.36. The molecule has 0 aliphatic carbocycles. The van der Waals surface area contributed by atoms with Crippen LogP contribution in [0.5, 0.6) is 0 Å². The summed E-state index contributed by atoms with van der Waals surface area (Å²) >= 11 is 3.35. The molecule has 0 radical (unpaired) electrons. The summed E-state index contributed by atoms with van der Waals surface area (Å²) in [4.78, 5) is 0. The molecule has 0 bridgehead atoms. The van der Waals surface area contributed by atoms with Crippen molar-refractivity contribution in [3.8, 4) is 0 Å². The number of rotatable bonds is 0. The van der Waals surface area contributed by atoms with Gasteiger partial charge in [0.25, 0.3) is 0 Å². The van der Waals surface area contributed by atoms with E-state index in [0.717, 1.165) is 4.47 Å². The van der Waals surface area contributed by atoms with Crippen LogP contribution in [0.4, 0.5) is 0 Å². The number of furan rings is 1. The lowest BCUT2D eigenvalue weighted by Crippen LogP contribution is -1.73. The molecular formula is C16H9BrO. The minimum Gasteiger partial charge on any atom is -0.456 e. The van der Waals surface area contributed by atoms with Crippen LogP contribution >= 0.6 is 15.9 Å². The number of hydrogen-bond acceptors (Lipinski definition) is 1. The van der Waals surface area contributed by atoms with Crippen LogP contribution < -0.4 is 0 Å². The number of halogens is 1. The van der Waals surface area contributed by atoms with E-state index in [1.54, 1.807) is 18.2 Å². The van der Waals surface area contributed by atoms with E-state index in [9.17, 15) is 0 Å². The molecule has 0 saturated carbocycles. The summed E-state index contributed by atoms with van der Waals surface area (Å²) in [5.74, 6) is 0. The molecule has 86 valence electrons. The van der Waals surface area contributed by atoms with Crippen LogP contribution in [0, 0.1) is 0 Å². The SMILES string of the molecule is [2H]c1c([2H])c([2H])c2c(c1[2H])c([2H])c([2H])c1oc3cc(Br)ccc3c12. The van der Waals surface area contributed by atoms with Crippen molar-refractivity contribution in [3.05, 3.63) is 58.9 Å². The molecule has 1 heterocycles. The molecule has 0 aliphatic heterocycles. The lowest BCUT2D eigenvalue weighted by Gasteiger charge is -1.98. The molecule has 0 atom stereocenters. The smallest absolute Gasteiger partial charge is 0.136 e. The first-order valence-corrected chi connectivity index (χ1v) is 6.13. The van der Waals surface area contributed by atoms with Crippen molar-refractivity contribution < 1.29 is 12.6 Å². The Morgan fingerprint density at radius 3 is 2.78 bits per heavy atom. The Kier molecular flexibility index (Phi) is 1.18. The maximum absolute atomic E-state index is 8.24. The fourth-order valence-corrected chi connectivity index (χ4v) is 2.46. The molecule has 0 spiro atoms. The first-order chi connectivity index (χ1) is 11.3. The van der Waals surface area contributed by atoms with Gasteiger partial charge in [-0.05, 0) is 35.0 Å². The summed E-state index contributed by atoms with van der Waals surface area (Å²) in [6, 6.07) is 3.55. The van der Waals surface area contributed by atoms with E-state index in [0.29, 0.717) is 16.4 Å². The maximum Gasteiger partial charge on any atom is 0.136 e. The third-order valence-electron chi connectivity index (χ3n) is 2.89. The van der Waals surface area contributed by atoms with Gasteiger partial charge < -0.3 is 4.42 Å². The van der Waals surface area contributed by atoms with Gasteiger partial charge >= 0.3 is 0 Å². The van der Waals surface area contributed by atoms with Crippen LogP contribution in [0.3, 0.4) is 0 Å². The Hall–Kier alpha value is -1.80. The highest BCUT2D eigenvalue weighted by Gasteiger charge is 2.09. The summed E-state index contributed by atoms with van der Waals surface area (Å²) in [7, 11) is 0. The highest BCUT2D eigenvalue weighted by molar-refractivity contribution is 9.10. The summed E-state index contributed by atoms with van der Waals surface area (Å²) in [6.45, 7) is 0. The van der Waals surface area contributed by atoms with Crippen molar-refractivity contribution in [2.75, 3.05) is 0 Å². The third kappa shape index (κ3) is 1.33. The van der Waals surface area contributed by atoms with E-state index in [1.807, 2.05) is 0 Å². The van der Waals surface area contributed by atoms with Gasteiger partial charge in [0.2, 0.25) is 0 Å². The topological polar surface area (TPSA) is 13.1 Å². The minimum atomic E-state index is -0.407. The minimum absolute atomic E-state index is 0.0455. The van der Waals surface area contributed by atoms with Crippen molar-refractivity contribution in [3.63, 3.8) is 0 Å². The maximum atomic E-state index is 8.24. The summed E-state index contributed by atoms with van der Waals surface area (Å²) < 4.78 is 55.0. The van der Waals surface area contributed by atoms with Gasteiger partial charge in [-0.1, -0.05) is 46.1 Å². The zero-order chi connectivity index (χ0) is 17.3. The standard InChI is InChI=1S/C16H9BrO/c17-11-6-7-13-15(9-11)18-14-8-5-10-3-1-2-4-12(10)16(13)14/h1-9H/i1D,2D,3D,4D,5D,8D. The second-order valence-electron chi connectivity index (χ2n) is 3.95. The van der Waals surface area contributed by atoms with Crippen LogP contribution in [-0.2, 0) is 0 Å². The third-order valence-corrected chi connectivity index (χ3v) is 3.38. The molecule has 0 aliphatic rings. The van der Waals surface area contributed by atoms with Crippen molar-refractivity contribution in [2.45, 2.75) is 0 Å². The second kappa shape index (κ2) is 3.59. The number of fused-ring (bicyclic) bond motifs is 5. The summed E-state index contributed by atoms with van der Waals surface area (Å²) in [6.07, 6.45) is 0. The van der Waals surface area contributed by atoms with Crippen molar-refractivity contribution >= 4 is 48.6 Å². The quantitative estimate of drug-likeness (QED) is 0.418. The van der Waals surface area contributed by atoms with Gasteiger partial charge in [-0.3, -0.25) is 0 Å². The Morgan fingerprint density at radius 1 is 0.944 bits per heavy atom. The van der Waals surface area contributed by atoms with E-state index in [4.69, 9.17) is 12.6 Å². The fraction of sp³-hybridized carbons (Fsp3) is 0. The highest BCUT2D eigenvalue weighted by atomic mass is 79.9. The van der Waals surface area contributed by atoms with Crippen LogP contribution in [0.25, 0.3) is 32.7 Å². The van der Waals surface area contributed by atoms with Crippen LogP contribution in [0.15, 0.2) is 63.3 Å². The van der Waals surface area contributed by atoms with Crippen LogP contribution in [0.1, 0.15) is 8.22 Å². The number of benzene rings is 3. The molecule has 3 aromatic carbocycles. The van der Waals surface area contributed by atoms with E-state index in [-0.39, 0.29) is 46.6 Å². The molecule has 0 saturated heterocycles. The van der Waals surface area contributed by atoms with Gasteiger partial charge in [0.1, 0.15) is 11.2 Å². The molecule has 0 N–H and O–H groups in total.